The average Bonchev–Trinajstić information content (AvgIpc) is 3.67. The number of hydrazine groups is 2. The van der Waals surface area contributed by atoms with Crippen molar-refractivity contribution in [1.82, 2.24) is 51.3 Å². The summed E-state index contributed by atoms with van der Waals surface area (Å²) in [5.74, 6) is 0.428. The van der Waals surface area contributed by atoms with Crippen LogP contribution < -0.4 is 30.9 Å². The molecule has 62 heavy (non-hydrogen) atoms. The van der Waals surface area contributed by atoms with Gasteiger partial charge in [-0.2, -0.15) is 0 Å². The van der Waals surface area contributed by atoms with E-state index in [-0.39, 0.29) is 33.0 Å². The lowest BCUT2D eigenvalue weighted by molar-refractivity contribution is 0.0936. The first-order chi connectivity index (χ1) is 29.7. The first-order valence-electron chi connectivity index (χ1n) is 20.4. The number of rotatable bonds is 14. The van der Waals surface area contributed by atoms with Crippen molar-refractivity contribution in [3.8, 4) is 0 Å². The second-order valence-corrected chi connectivity index (χ2v) is 18.2. The fourth-order valence-corrected chi connectivity index (χ4v) is 8.30. The van der Waals surface area contributed by atoms with Gasteiger partial charge in [0, 0.05) is 51.4 Å². The molecule has 2 saturated heterocycles. The minimum absolute atomic E-state index is 0.00984. The van der Waals surface area contributed by atoms with Gasteiger partial charge in [-0.25, -0.2) is 45.9 Å². The zero-order valence-electron chi connectivity index (χ0n) is 34.8. The number of nitrogens with zero attached hydrogens (tertiary/aromatic N) is 4. The molecule has 6 amide bonds. The Bertz CT molecular complexity index is 2150. The largest absolute Gasteiger partial charge is 0.361 e. The predicted molar refractivity (Wildman–Crippen MR) is 225 cm³/mol. The van der Waals surface area contributed by atoms with Gasteiger partial charge in [-0.3, -0.25) is 20.4 Å². The van der Waals surface area contributed by atoms with E-state index >= 15 is 0 Å². The number of nitrogens with one attached hydrogen (secondary N) is 6. The summed E-state index contributed by atoms with van der Waals surface area (Å²) in [5, 5.41) is 16.2. The molecule has 20 nitrogen and oxygen atoms in total. The maximum absolute atomic E-state index is 12.5. The number of urea groups is 2. The van der Waals surface area contributed by atoms with E-state index in [1.54, 1.807) is 60.3 Å². The topological polar surface area (TPSA) is 267 Å². The number of benzene rings is 2. The molecule has 336 valence electrons. The van der Waals surface area contributed by atoms with Gasteiger partial charge in [0.25, 0.3) is 31.9 Å². The molecule has 2 aliphatic heterocycles. The fourth-order valence-electron chi connectivity index (χ4n) is 6.50. The summed E-state index contributed by atoms with van der Waals surface area (Å²) in [4.78, 5) is 48.1. The van der Waals surface area contributed by atoms with Crippen LogP contribution in [-0.2, 0) is 32.9 Å². The second-order valence-electron chi connectivity index (χ2n) is 14.8. The third kappa shape index (κ3) is 15.3. The SMILES string of the molecule is Cc1cc(C(=O)NCCc2ccc(S(=O)(=O)NC(=O)NN3CCCCCC3)cc2)no1.Cc1cc(C(=O)NCCc2ccc(S(=O)(=O)NC(=O)NN3CCCCCC3)cc2)no1. The quantitative estimate of drug-likeness (QED) is 0.106. The lowest BCUT2D eigenvalue weighted by atomic mass is 10.1. The Labute approximate surface area is 360 Å². The van der Waals surface area contributed by atoms with E-state index in [9.17, 15) is 36.0 Å². The van der Waals surface area contributed by atoms with Gasteiger partial charge in [0.2, 0.25) is 0 Å². The maximum atomic E-state index is 12.5. The summed E-state index contributed by atoms with van der Waals surface area (Å²) in [6, 6.07) is 13.9. The van der Waals surface area contributed by atoms with Crippen molar-refractivity contribution in [2.75, 3.05) is 39.3 Å². The second kappa shape index (κ2) is 22.8. The Morgan fingerprint density at radius 3 is 1.19 bits per heavy atom. The number of aryl methyl sites for hydroxylation is 2. The van der Waals surface area contributed by atoms with Gasteiger partial charge in [0.1, 0.15) is 11.5 Å². The van der Waals surface area contributed by atoms with Crippen molar-refractivity contribution in [3.63, 3.8) is 0 Å². The Hall–Kier alpha value is -5.84. The van der Waals surface area contributed by atoms with Crippen molar-refractivity contribution in [1.29, 1.82) is 0 Å². The molecule has 0 radical (unpaired) electrons. The summed E-state index contributed by atoms with van der Waals surface area (Å²) in [6.07, 6.45) is 9.29. The molecule has 0 aliphatic carbocycles. The number of sulfonamides is 2. The number of amides is 6. The summed E-state index contributed by atoms with van der Waals surface area (Å²) < 4.78 is 63.7. The molecule has 2 fully saturated rings. The van der Waals surface area contributed by atoms with E-state index in [0.717, 1.165) is 62.5 Å². The number of carbonyl (C=O) groups is 4. The Morgan fingerprint density at radius 2 is 0.887 bits per heavy atom. The number of carbonyl (C=O) groups excluding carboxylic acids is 4. The minimum atomic E-state index is -3.98. The van der Waals surface area contributed by atoms with Crippen molar-refractivity contribution < 1.29 is 45.1 Å². The van der Waals surface area contributed by atoms with Gasteiger partial charge < -0.3 is 19.7 Å². The summed E-state index contributed by atoms with van der Waals surface area (Å²) in [7, 11) is -7.96. The highest BCUT2D eigenvalue weighted by Crippen LogP contribution is 2.14. The molecule has 4 aromatic rings. The molecule has 6 N–H and O–H groups in total. The van der Waals surface area contributed by atoms with Crippen molar-refractivity contribution in [3.05, 3.63) is 94.7 Å². The van der Waals surface area contributed by atoms with E-state index in [1.165, 1.54) is 24.3 Å². The van der Waals surface area contributed by atoms with Crippen LogP contribution in [0.3, 0.4) is 0 Å². The van der Waals surface area contributed by atoms with E-state index < -0.39 is 32.1 Å². The zero-order valence-corrected chi connectivity index (χ0v) is 36.4. The van der Waals surface area contributed by atoms with Gasteiger partial charge in [-0.15, -0.1) is 0 Å². The predicted octanol–water partition coefficient (Wildman–Crippen LogP) is 3.47. The molecular formula is C40H54N10O10S2. The molecule has 2 aliphatic rings. The van der Waals surface area contributed by atoms with Crippen LogP contribution in [0, 0.1) is 13.8 Å². The van der Waals surface area contributed by atoms with Crippen molar-refractivity contribution >= 4 is 43.9 Å². The van der Waals surface area contributed by atoms with Gasteiger partial charge in [-0.1, -0.05) is 60.3 Å². The smallest absolute Gasteiger partial charge is 0.343 e. The highest BCUT2D eigenvalue weighted by Gasteiger charge is 2.22. The first-order valence-corrected chi connectivity index (χ1v) is 23.4. The monoisotopic (exact) mass is 898 g/mol. The fraction of sp³-hybridized carbons (Fsp3) is 0.450. The van der Waals surface area contributed by atoms with Crippen LogP contribution in [0.4, 0.5) is 9.59 Å². The standard InChI is InChI=1S/2C20H27N5O5S/c2*1-15-14-18(23-30-15)19(26)21-11-10-16-6-8-17(9-7-16)31(28,29)24-20(27)22-25-12-4-2-3-5-13-25/h2*6-9,14H,2-5,10-13H2,1H3,(H,21,26)(H2,22,24,27). The van der Waals surface area contributed by atoms with E-state index in [4.69, 9.17) is 9.05 Å². The number of aromatic nitrogens is 2. The molecular weight excluding hydrogens is 845 g/mol. The molecule has 0 saturated carbocycles. The highest BCUT2D eigenvalue weighted by atomic mass is 32.2. The zero-order chi connectivity index (χ0) is 44.5. The van der Waals surface area contributed by atoms with Crippen LogP contribution in [0.5, 0.6) is 0 Å². The van der Waals surface area contributed by atoms with Gasteiger partial charge >= 0.3 is 12.1 Å². The number of hydrogen-bond donors (Lipinski definition) is 6. The van der Waals surface area contributed by atoms with Crippen molar-refractivity contribution in [2.24, 2.45) is 0 Å². The molecule has 22 heteroatoms. The number of hydrogen-bond acceptors (Lipinski definition) is 14. The van der Waals surface area contributed by atoms with E-state index in [0.29, 0.717) is 63.6 Å². The van der Waals surface area contributed by atoms with Gasteiger partial charge in [0.05, 0.1) is 9.79 Å². The lowest BCUT2D eigenvalue weighted by Crippen LogP contribution is -2.49. The summed E-state index contributed by atoms with van der Waals surface area (Å²) in [6.45, 7) is 6.92. The molecule has 0 spiro atoms. The lowest BCUT2D eigenvalue weighted by Gasteiger charge is -2.20. The first kappa shape index (κ1) is 47.2. The van der Waals surface area contributed by atoms with Crippen LogP contribution in [0.15, 0.2) is 79.5 Å². The van der Waals surface area contributed by atoms with Crippen LogP contribution in [-0.4, -0.2) is 100 Å². The minimum Gasteiger partial charge on any atom is -0.361 e. The molecule has 6 rings (SSSR count). The van der Waals surface area contributed by atoms with E-state index in [1.807, 2.05) is 9.44 Å². The van der Waals surface area contributed by atoms with Gasteiger partial charge in [-0.05, 0) is 87.8 Å². The summed E-state index contributed by atoms with van der Waals surface area (Å²) >= 11 is 0. The average molecular weight is 899 g/mol. The third-order valence-corrected chi connectivity index (χ3v) is 12.5. The molecule has 4 heterocycles. The molecule has 0 bridgehead atoms. The Balaban J connectivity index is 0.000000234. The highest BCUT2D eigenvalue weighted by molar-refractivity contribution is 7.90. The van der Waals surface area contributed by atoms with E-state index in [2.05, 4.69) is 31.8 Å². The Kier molecular flexibility index (Phi) is 17.4. The molecule has 0 atom stereocenters. The third-order valence-electron chi connectivity index (χ3n) is 9.77. The maximum Gasteiger partial charge on any atom is 0.343 e. The van der Waals surface area contributed by atoms with Crippen LogP contribution in [0.2, 0.25) is 0 Å². The van der Waals surface area contributed by atoms with Crippen LogP contribution in [0.1, 0.15) is 95.0 Å². The summed E-state index contributed by atoms with van der Waals surface area (Å²) in [5.41, 5.74) is 7.30. The van der Waals surface area contributed by atoms with Gasteiger partial charge in [0.15, 0.2) is 11.4 Å². The normalized spacial score (nSPS) is 15.1. The van der Waals surface area contributed by atoms with Crippen LogP contribution in [0.25, 0.3) is 0 Å². The van der Waals surface area contributed by atoms with Crippen molar-refractivity contribution in [2.45, 2.75) is 87.8 Å². The Morgan fingerprint density at radius 1 is 0.548 bits per heavy atom. The molecule has 2 aromatic carbocycles. The molecule has 0 unspecified atom stereocenters. The van der Waals surface area contributed by atoms with Crippen LogP contribution >= 0.6 is 0 Å². The molecule has 2 aromatic heterocycles.